The van der Waals surface area contributed by atoms with E-state index in [1.807, 2.05) is 7.05 Å². The molecule has 0 aromatic carbocycles. The van der Waals surface area contributed by atoms with Gasteiger partial charge in [-0.3, -0.25) is 0 Å². The molecule has 0 atom stereocenters. The Bertz CT molecular complexity index is 394. The fourth-order valence-corrected chi connectivity index (χ4v) is 2.53. The zero-order valence-corrected chi connectivity index (χ0v) is 11.7. The molecule has 1 aliphatic carbocycles. The third-order valence-electron chi connectivity index (χ3n) is 3.45. The highest BCUT2D eigenvalue weighted by atomic mass is 35.5. The fourth-order valence-electron chi connectivity index (χ4n) is 2.38. The second-order valence-corrected chi connectivity index (χ2v) is 4.99. The van der Waals surface area contributed by atoms with Crippen LogP contribution in [0.5, 0.6) is 6.01 Å². The molecule has 0 N–H and O–H groups in total. The maximum Gasteiger partial charge on any atom is 0.322 e. The van der Waals surface area contributed by atoms with Gasteiger partial charge in [0.25, 0.3) is 0 Å². The van der Waals surface area contributed by atoms with E-state index in [4.69, 9.17) is 16.3 Å². The molecule has 100 valence electrons. The van der Waals surface area contributed by atoms with Crippen LogP contribution in [0.4, 0.5) is 5.95 Å². The van der Waals surface area contributed by atoms with Crippen molar-refractivity contribution < 1.29 is 4.74 Å². The Kier molecular flexibility index (Phi) is 4.58. The number of methoxy groups -OCH3 is 1. The van der Waals surface area contributed by atoms with Crippen LogP contribution >= 0.6 is 11.6 Å². The molecule has 1 aromatic rings. The molecule has 1 aromatic heterocycles. The van der Waals surface area contributed by atoms with E-state index in [9.17, 15) is 0 Å². The Morgan fingerprint density at radius 3 is 2.39 bits per heavy atom. The third kappa shape index (κ3) is 3.22. The summed E-state index contributed by atoms with van der Waals surface area (Å²) in [6.45, 7) is 0. The monoisotopic (exact) mass is 270 g/mol. The molecule has 2 rings (SSSR count). The maximum atomic E-state index is 5.88. The van der Waals surface area contributed by atoms with Crippen molar-refractivity contribution in [2.24, 2.45) is 0 Å². The van der Waals surface area contributed by atoms with Gasteiger partial charge in [0.2, 0.25) is 11.2 Å². The molecule has 0 radical (unpaired) electrons. The van der Waals surface area contributed by atoms with Gasteiger partial charge < -0.3 is 9.64 Å². The van der Waals surface area contributed by atoms with Crippen LogP contribution in [-0.4, -0.2) is 35.2 Å². The van der Waals surface area contributed by atoms with Crippen molar-refractivity contribution in [3.63, 3.8) is 0 Å². The molecule has 5 nitrogen and oxygen atoms in total. The van der Waals surface area contributed by atoms with E-state index in [1.165, 1.54) is 45.6 Å². The number of hydrogen-bond acceptors (Lipinski definition) is 5. The van der Waals surface area contributed by atoms with Gasteiger partial charge in [0.15, 0.2) is 0 Å². The lowest BCUT2D eigenvalue weighted by molar-refractivity contribution is 0.377. The largest absolute Gasteiger partial charge is 0.467 e. The first kappa shape index (κ1) is 13.3. The van der Waals surface area contributed by atoms with E-state index in [1.54, 1.807) is 0 Å². The van der Waals surface area contributed by atoms with Gasteiger partial charge in [0, 0.05) is 13.1 Å². The van der Waals surface area contributed by atoms with Gasteiger partial charge in [0.1, 0.15) is 0 Å². The Balaban J connectivity index is 2.15. The van der Waals surface area contributed by atoms with Crippen LogP contribution in [0.25, 0.3) is 0 Å². The van der Waals surface area contributed by atoms with Crippen LogP contribution in [-0.2, 0) is 0 Å². The molecule has 0 aliphatic heterocycles. The van der Waals surface area contributed by atoms with Crippen LogP contribution in [0.15, 0.2) is 0 Å². The Morgan fingerprint density at radius 2 is 1.78 bits per heavy atom. The minimum Gasteiger partial charge on any atom is -0.467 e. The summed E-state index contributed by atoms with van der Waals surface area (Å²) in [4.78, 5) is 14.4. The van der Waals surface area contributed by atoms with Crippen molar-refractivity contribution in [2.45, 2.75) is 44.6 Å². The lowest BCUT2D eigenvalue weighted by Gasteiger charge is -2.27. The molecule has 1 fully saturated rings. The molecule has 1 aliphatic rings. The van der Waals surface area contributed by atoms with Crippen LogP contribution in [0.2, 0.25) is 5.28 Å². The van der Waals surface area contributed by atoms with Crippen LogP contribution in [0, 0.1) is 0 Å². The lowest BCUT2D eigenvalue weighted by Crippen LogP contribution is -2.32. The molecule has 0 unspecified atom stereocenters. The molecule has 1 saturated carbocycles. The van der Waals surface area contributed by atoms with Crippen molar-refractivity contribution in [3.8, 4) is 6.01 Å². The second kappa shape index (κ2) is 6.18. The van der Waals surface area contributed by atoms with Crippen molar-refractivity contribution in [1.82, 2.24) is 15.0 Å². The van der Waals surface area contributed by atoms with E-state index >= 15 is 0 Å². The second-order valence-electron chi connectivity index (χ2n) is 4.65. The lowest BCUT2D eigenvalue weighted by atomic mass is 10.1. The average molecular weight is 271 g/mol. The van der Waals surface area contributed by atoms with Crippen LogP contribution in [0.3, 0.4) is 0 Å². The van der Waals surface area contributed by atoms with Gasteiger partial charge in [-0.1, -0.05) is 25.7 Å². The number of aromatic nitrogens is 3. The normalized spacial score (nSPS) is 17.3. The number of rotatable bonds is 3. The van der Waals surface area contributed by atoms with Gasteiger partial charge in [-0.15, -0.1) is 0 Å². The van der Waals surface area contributed by atoms with Crippen molar-refractivity contribution in [2.75, 3.05) is 19.1 Å². The van der Waals surface area contributed by atoms with Crippen LogP contribution < -0.4 is 9.64 Å². The minimum absolute atomic E-state index is 0.178. The highest BCUT2D eigenvalue weighted by Gasteiger charge is 2.20. The molecule has 6 heteroatoms. The summed E-state index contributed by atoms with van der Waals surface area (Å²) >= 11 is 5.88. The highest BCUT2D eigenvalue weighted by molar-refractivity contribution is 6.28. The maximum absolute atomic E-state index is 5.88. The smallest absolute Gasteiger partial charge is 0.322 e. The van der Waals surface area contributed by atoms with E-state index < -0.39 is 0 Å². The zero-order chi connectivity index (χ0) is 13.0. The van der Waals surface area contributed by atoms with Gasteiger partial charge in [-0.05, 0) is 24.4 Å². The number of halogens is 1. The third-order valence-corrected chi connectivity index (χ3v) is 3.62. The van der Waals surface area contributed by atoms with Gasteiger partial charge in [0.05, 0.1) is 7.11 Å². The molecule has 0 amide bonds. The van der Waals surface area contributed by atoms with Crippen molar-refractivity contribution in [3.05, 3.63) is 5.28 Å². The van der Waals surface area contributed by atoms with Gasteiger partial charge >= 0.3 is 6.01 Å². The molecule has 18 heavy (non-hydrogen) atoms. The number of ether oxygens (including phenoxy) is 1. The van der Waals surface area contributed by atoms with E-state index in [-0.39, 0.29) is 11.3 Å². The predicted molar refractivity (Wildman–Crippen MR) is 71.3 cm³/mol. The summed E-state index contributed by atoms with van der Waals surface area (Å²) in [5.41, 5.74) is 0. The number of nitrogens with zero attached hydrogens (tertiary/aromatic N) is 4. The summed E-state index contributed by atoms with van der Waals surface area (Å²) in [7, 11) is 3.54. The summed E-state index contributed by atoms with van der Waals surface area (Å²) in [6.07, 6.45) is 7.55. The number of anilines is 1. The standard InChI is InChI=1S/C12H19ClN4O/c1-17(9-7-5-3-4-6-8-9)11-14-10(13)15-12(16-11)18-2/h9H,3-8H2,1-2H3. The molecule has 0 saturated heterocycles. The fraction of sp³-hybridized carbons (Fsp3) is 0.750. The molecule has 0 bridgehead atoms. The minimum atomic E-state index is 0.178. The summed E-state index contributed by atoms with van der Waals surface area (Å²) in [5, 5.41) is 0.178. The van der Waals surface area contributed by atoms with E-state index in [0.717, 1.165) is 0 Å². The first-order valence-electron chi connectivity index (χ1n) is 6.39. The summed E-state index contributed by atoms with van der Waals surface area (Å²) in [5.74, 6) is 0.596. The number of hydrogen-bond donors (Lipinski definition) is 0. The SMILES string of the molecule is COc1nc(Cl)nc(N(C)C2CCCCCC2)n1. The Hall–Kier alpha value is -1.10. The topological polar surface area (TPSA) is 51.1 Å². The van der Waals surface area contributed by atoms with Crippen LogP contribution in [0.1, 0.15) is 38.5 Å². The first-order chi connectivity index (χ1) is 8.70. The predicted octanol–water partition coefficient (Wildman–Crippen LogP) is 2.69. The van der Waals surface area contributed by atoms with Crippen molar-refractivity contribution in [1.29, 1.82) is 0 Å². The van der Waals surface area contributed by atoms with Gasteiger partial charge in [-0.25, -0.2) is 0 Å². The molecular formula is C12H19ClN4O. The molecule has 0 spiro atoms. The van der Waals surface area contributed by atoms with E-state index in [2.05, 4.69) is 19.9 Å². The summed E-state index contributed by atoms with van der Waals surface area (Å²) < 4.78 is 5.02. The highest BCUT2D eigenvalue weighted by Crippen LogP contribution is 2.24. The zero-order valence-electron chi connectivity index (χ0n) is 10.9. The average Bonchev–Trinajstić information content (AvgIpc) is 2.65. The van der Waals surface area contributed by atoms with E-state index in [0.29, 0.717) is 12.0 Å². The van der Waals surface area contributed by atoms with Crippen molar-refractivity contribution >= 4 is 17.5 Å². The Labute approximate surface area is 113 Å². The summed E-state index contributed by atoms with van der Waals surface area (Å²) in [6, 6.07) is 0.751. The quantitative estimate of drug-likeness (QED) is 0.791. The molecule has 1 heterocycles. The van der Waals surface area contributed by atoms with Gasteiger partial charge in [-0.2, -0.15) is 15.0 Å². The Morgan fingerprint density at radius 1 is 1.11 bits per heavy atom. The first-order valence-corrected chi connectivity index (χ1v) is 6.77. The molecular weight excluding hydrogens is 252 g/mol.